The molecule has 0 atom stereocenters. The number of hydrogen-bond donors (Lipinski definition) is 2. The van der Waals surface area contributed by atoms with Crippen LogP contribution in [0.1, 0.15) is 5.56 Å². The Morgan fingerprint density at radius 2 is 1.92 bits per heavy atom. The van der Waals surface area contributed by atoms with Crippen LogP contribution in [0.2, 0.25) is 0 Å². The average molecular weight is 350 g/mol. The summed E-state index contributed by atoms with van der Waals surface area (Å²) < 4.78 is 10.6. The molecule has 0 unspecified atom stereocenters. The number of hydrazone groups is 1. The minimum atomic E-state index is -0.382. The molecule has 0 bridgehead atoms. The molecule has 2 N–H and O–H groups in total. The van der Waals surface area contributed by atoms with Gasteiger partial charge in [0.2, 0.25) is 0 Å². The second kappa shape index (κ2) is 8.02. The van der Waals surface area contributed by atoms with E-state index in [0.29, 0.717) is 17.1 Å². The number of carbonyl (C=O) groups excluding carboxylic acids is 1. The van der Waals surface area contributed by atoms with Crippen molar-refractivity contribution in [2.24, 2.45) is 5.10 Å². The first-order valence-corrected chi connectivity index (χ1v) is 7.97. The smallest absolute Gasteiger partial charge is 0.277 e. The molecule has 0 saturated carbocycles. The van der Waals surface area contributed by atoms with Crippen molar-refractivity contribution in [1.29, 1.82) is 0 Å². The Labute approximate surface area is 150 Å². The van der Waals surface area contributed by atoms with Gasteiger partial charge in [-0.1, -0.05) is 36.4 Å². The van der Waals surface area contributed by atoms with Gasteiger partial charge in [-0.15, -0.1) is 0 Å². The molecule has 0 radical (unpaired) electrons. The van der Waals surface area contributed by atoms with E-state index >= 15 is 0 Å². The number of carbonyl (C=O) groups is 1. The third-order valence-electron chi connectivity index (χ3n) is 3.71. The minimum absolute atomic E-state index is 0.00191. The molecule has 6 heteroatoms. The maximum absolute atomic E-state index is 11.9. The summed E-state index contributed by atoms with van der Waals surface area (Å²) in [5, 5.41) is 15.5. The number of phenolic OH excluding ortho intramolecular Hbond substituents is 1. The average Bonchev–Trinajstić information content (AvgIpc) is 2.66. The van der Waals surface area contributed by atoms with Crippen molar-refractivity contribution in [2.75, 3.05) is 13.7 Å². The molecule has 3 aromatic rings. The lowest BCUT2D eigenvalue weighted by atomic mass is 10.1. The first kappa shape index (κ1) is 17.3. The number of nitrogens with one attached hydrogen (secondary N) is 1. The Bertz CT molecular complexity index is 948. The Kier molecular flexibility index (Phi) is 5.34. The predicted molar refractivity (Wildman–Crippen MR) is 99.8 cm³/mol. The zero-order valence-corrected chi connectivity index (χ0v) is 14.2. The van der Waals surface area contributed by atoms with Crippen LogP contribution in [-0.4, -0.2) is 30.9 Å². The highest BCUT2D eigenvalue weighted by Gasteiger charge is 2.05. The highest BCUT2D eigenvalue weighted by atomic mass is 16.5. The van der Waals surface area contributed by atoms with Crippen LogP contribution in [0.4, 0.5) is 0 Å². The maximum atomic E-state index is 11.9. The molecule has 0 aliphatic rings. The van der Waals surface area contributed by atoms with E-state index in [-0.39, 0.29) is 18.3 Å². The number of rotatable bonds is 6. The molecule has 0 aliphatic carbocycles. The molecule has 0 fully saturated rings. The molecule has 0 heterocycles. The van der Waals surface area contributed by atoms with Crippen LogP contribution in [0.15, 0.2) is 65.8 Å². The van der Waals surface area contributed by atoms with Crippen molar-refractivity contribution in [1.82, 2.24) is 5.43 Å². The number of amides is 1. The number of nitrogens with zero attached hydrogens (tertiary/aromatic N) is 1. The monoisotopic (exact) mass is 350 g/mol. The molecule has 0 aromatic heterocycles. The van der Waals surface area contributed by atoms with E-state index in [4.69, 9.17) is 9.47 Å². The first-order chi connectivity index (χ1) is 12.7. The fourth-order valence-electron chi connectivity index (χ4n) is 2.46. The Hall–Kier alpha value is -3.54. The maximum Gasteiger partial charge on any atom is 0.277 e. The van der Waals surface area contributed by atoms with E-state index in [1.54, 1.807) is 12.1 Å². The normalized spacial score (nSPS) is 10.8. The summed E-state index contributed by atoms with van der Waals surface area (Å²) in [7, 11) is 1.47. The van der Waals surface area contributed by atoms with Gasteiger partial charge in [-0.25, -0.2) is 5.43 Å². The van der Waals surface area contributed by atoms with E-state index < -0.39 is 0 Å². The van der Waals surface area contributed by atoms with Crippen LogP contribution in [0.5, 0.6) is 17.2 Å². The number of benzene rings is 3. The highest BCUT2D eigenvalue weighted by molar-refractivity contribution is 5.89. The lowest BCUT2D eigenvalue weighted by molar-refractivity contribution is -0.123. The van der Waals surface area contributed by atoms with Gasteiger partial charge in [-0.05, 0) is 35.2 Å². The molecular formula is C20H18N2O4. The minimum Gasteiger partial charge on any atom is -0.504 e. The lowest BCUT2D eigenvalue weighted by Crippen LogP contribution is -2.24. The van der Waals surface area contributed by atoms with E-state index in [2.05, 4.69) is 10.5 Å². The summed E-state index contributed by atoms with van der Waals surface area (Å²) in [4.78, 5) is 11.9. The molecule has 0 saturated heterocycles. The van der Waals surface area contributed by atoms with Gasteiger partial charge in [0.15, 0.2) is 18.1 Å². The molecule has 132 valence electrons. The number of ether oxygens (including phenoxy) is 2. The van der Waals surface area contributed by atoms with Gasteiger partial charge < -0.3 is 14.6 Å². The standard InChI is InChI=1S/C20H18N2O4/c1-25-19-10-9-14(11-17(19)23)12-21-22-20(24)13-26-18-8-4-6-15-5-2-3-7-16(15)18/h2-12,23H,13H2,1H3,(H,22,24)/b21-12+. The van der Waals surface area contributed by atoms with Crippen LogP contribution < -0.4 is 14.9 Å². The van der Waals surface area contributed by atoms with Crippen LogP contribution in [0, 0.1) is 0 Å². The van der Waals surface area contributed by atoms with Crippen molar-refractivity contribution in [3.8, 4) is 17.2 Å². The van der Waals surface area contributed by atoms with Gasteiger partial charge in [0, 0.05) is 5.39 Å². The molecule has 1 amide bonds. The van der Waals surface area contributed by atoms with Crippen molar-refractivity contribution in [2.45, 2.75) is 0 Å². The molecule has 3 rings (SSSR count). The van der Waals surface area contributed by atoms with E-state index in [1.165, 1.54) is 19.4 Å². The zero-order valence-electron chi connectivity index (χ0n) is 14.2. The van der Waals surface area contributed by atoms with E-state index in [9.17, 15) is 9.90 Å². The van der Waals surface area contributed by atoms with Crippen molar-refractivity contribution in [3.05, 3.63) is 66.2 Å². The Balaban J connectivity index is 1.56. The van der Waals surface area contributed by atoms with Gasteiger partial charge in [-0.3, -0.25) is 4.79 Å². The summed E-state index contributed by atoms with van der Waals surface area (Å²) in [5.74, 6) is 0.631. The van der Waals surface area contributed by atoms with Gasteiger partial charge >= 0.3 is 0 Å². The quantitative estimate of drug-likeness (QED) is 0.529. The number of fused-ring (bicyclic) bond motifs is 1. The van der Waals surface area contributed by atoms with Crippen LogP contribution >= 0.6 is 0 Å². The summed E-state index contributed by atoms with van der Waals surface area (Å²) >= 11 is 0. The fraction of sp³-hybridized carbons (Fsp3) is 0.100. The molecule has 0 aliphatic heterocycles. The summed E-state index contributed by atoms with van der Waals surface area (Å²) in [6.07, 6.45) is 1.43. The number of phenols is 1. The van der Waals surface area contributed by atoms with Gasteiger partial charge in [-0.2, -0.15) is 5.10 Å². The van der Waals surface area contributed by atoms with E-state index in [1.807, 2.05) is 42.5 Å². The molecular weight excluding hydrogens is 332 g/mol. The summed E-state index contributed by atoms with van der Waals surface area (Å²) in [6, 6.07) is 18.3. The zero-order chi connectivity index (χ0) is 18.4. The summed E-state index contributed by atoms with van der Waals surface area (Å²) in [6.45, 7) is -0.154. The van der Waals surface area contributed by atoms with Crippen molar-refractivity contribution < 1.29 is 19.4 Å². The fourth-order valence-corrected chi connectivity index (χ4v) is 2.46. The van der Waals surface area contributed by atoms with E-state index in [0.717, 1.165) is 10.8 Å². The highest BCUT2D eigenvalue weighted by Crippen LogP contribution is 2.26. The lowest BCUT2D eigenvalue weighted by Gasteiger charge is -2.08. The molecule has 6 nitrogen and oxygen atoms in total. The Morgan fingerprint density at radius 3 is 2.73 bits per heavy atom. The molecule has 3 aromatic carbocycles. The topological polar surface area (TPSA) is 80.2 Å². The van der Waals surface area contributed by atoms with Crippen LogP contribution in [-0.2, 0) is 4.79 Å². The Morgan fingerprint density at radius 1 is 1.12 bits per heavy atom. The third kappa shape index (κ3) is 4.10. The van der Waals surface area contributed by atoms with Gasteiger partial charge in [0.05, 0.1) is 13.3 Å². The van der Waals surface area contributed by atoms with Crippen LogP contribution in [0.25, 0.3) is 10.8 Å². The summed E-state index contributed by atoms with van der Waals surface area (Å²) in [5.41, 5.74) is 3.01. The van der Waals surface area contributed by atoms with Gasteiger partial charge in [0.1, 0.15) is 5.75 Å². The first-order valence-electron chi connectivity index (χ1n) is 7.97. The molecule has 0 spiro atoms. The number of hydrogen-bond acceptors (Lipinski definition) is 5. The molecule has 26 heavy (non-hydrogen) atoms. The van der Waals surface area contributed by atoms with Crippen LogP contribution in [0.3, 0.4) is 0 Å². The number of aromatic hydroxyl groups is 1. The number of methoxy groups -OCH3 is 1. The predicted octanol–water partition coefficient (Wildman–Crippen LogP) is 3.08. The van der Waals surface area contributed by atoms with Crippen molar-refractivity contribution >= 4 is 22.9 Å². The third-order valence-corrected chi connectivity index (χ3v) is 3.71. The SMILES string of the molecule is COc1ccc(/C=N/NC(=O)COc2cccc3ccccc23)cc1O. The second-order valence-corrected chi connectivity index (χ2v) is 5.49. The van der Waals surface area contributed by atoms with Crippen molar-refractivity contribution in [3.63, 3.8) is 0 Å². The largest absolute Gasteiger partial charge is 0.504 e. The second-order valence-electron chi connectivity index (χ2n) is 5.49. The van der Waals surface area contributed by atoms with Gasteiger partial charge in [0.25, 0.3) is 5.91 Å².